The average Bonchev–Trinajstić information content (AvgIpc) is 3.23. The van der Waals surface area contributed by atoms with Crippen molar-refractivity contribution in [3.05, 3.63) is 97.2 Å². The van der Waals surface area contributed by atoms with Gasteiger partial charge in [0, 0.05) is 19.3 Å². The molecule has 4 N–H and O–H groups in total. The zero-order chi connectivity index (χ0) is 45.1. The van der Waals surface area contributed by atoms with Crippen molar-refractivity contribution in [2.75, 3.05) is 19.8 Å². The van der Waals surface area contributed by atoms with Gasteiger partial charge in [-0.05, 0) is 89.5 Å². The van der Waals surface area contributed by atoms with E-state index in [1.165, 1.54) is 44.6 Å². The molecule has 0 amide bonds. The number of carbonyl (C=O) groups excluding carboxylic acids is 3. The first kappa shape index (κ1) is 57.1. The second-order valence-corrected chi connectivity index (χ2v) is 16.0. The number of ether oxygens (including phenoxy) is 2. The molecule has 0 heterocycles. The SMILES string of the molecule is CCCCC/C=C\C/C=C\C/C=C\C=C\C(=O)CCCC(=O)OC[C@H](COP(=O)(O)OC[C@H](N)C(=O)O)OC(=O)CCCCC/C=C\C/C=C\C/C=C\C/C=C\CCCCC. The fraction of sp³-hybridized carbons (Fsp3) is 0.583. The third-order valence-electron chi connectivity index (χ3n) is 8.78. The van der Waals surface area contributed by atoms with Gasteiger partial charge in [0.05, 0.1) is 13.2 Å². The number of aliphatic carboxylic acids is 1. The molecule has 0 aromatic rings. The molecule has 0 rings (SSSR count). The highest BCUT2D eigenvalue weighted by molar-refractivity contribution is 7.47. The first-order valence-corrected chi connectivity index (χ1v) is 23.7. The molecule has 0 spiro atoms. The molecule has 0 aromatic carbocycles. The van der Waals surface area contributed by atoms with Crippen molar-refractivity contribution in [3.63, 3.8) is 0 Å². The second-order valence-electron chi connectivity index (χ2n) is 14.5. The molecule has 0 aromatic heterocycles. The highest BCUT2D eigenvalue weighted by atomic mass is 31.2. The van der Waals surface area contributed by atoms with Crippen LogP contribution in [0.25, 0.3) is 0 Å². The quantitative estimate of drug-likeness (QED) is 0.0132. The summed E-state index contributed by atoms with van der Waals surface area (Å²) in [5.74, 6) is -2.87. The first-order chi connectivity index (χ1) is 29.5. The Morgan fingerprint density at radius 1 is 0.557 bits per heavy atom. The number of phosphoric acid groups is 1. The molecule has 0 aliphatic carbocycles. The maximum Gasteiger partial charge on any atom is 0.472 e. The number of nitrogens with two attached hydrogens (primary N) is 1. The van der Waals surface area contributed by atoms with Gasteiger partial charge < -0.3 is 25.2 Å². The van der Waals surface area contributed by atoms with E-state index in [0.717, 1.165) is 64.2 Å². The number of esters is 2. The molecular formula is C48H76NO11P. The van der Waals surface area contributed by atoms with Gasteiger partial charge in [-0.15, -0.1) is 0 Å². The van der Waals surface area contributed by atoms with Crippen LogP contribution in [-0.4, -0.2) is 65.7 Å². The largest absolute Gasteiger partial charge is 0.480 e. The van der Waals surface area contributed by atoms with Crippen LogP contribution in [0.4, 0.5) is 0 Å². The average molecular weight is 874 g/mol. The van der Waals surface area contributed by atoms with Crippen LogP contribution in [0, 0.1) is 0 Å². The van der Waals surface area contributed by atoms with Crippen molar-refractivity contribution in [2.24, 2.45) is 5.73 Å². The minimum atomic E-state index is -4.79. The molecule has 0 radical (unpaired) electrons. The van der Waals surface area contributed by atoms with Gasteiger partial charge in [0.25, 0.3) is 0 Å². The molecule has 0 saturated carbocycles. The number of carboxylic acid groups (broad SMARTS) is 1. The maximum absolute atomic E-state index is 12.6. The zero-order valence-corrected chi connectivity index (χ0v) is 37.9. The van der Waals surface area contributed by atoms with Crippen LogP contribution >= 0.6 is 7.82 Å². The Hall–Kier alpha value is -3.93. The van der Waals surface area contributed by atoms with E-state index < -0.39 is 57.7 Å². The van der Waals surface area contributed by atoms with E-state index in [1.807, 2.05) is 6.08 Å². The van der Waals surface area contributed by atoms with Crippen molar-refractivity contribution < 1.29 is 52.3 Å². The maximum atomic E-state index is 12.6. The Bertz CT molecular complexity index is 1460. The molecule has 0 fully saturated rings. The standard InChI is InChI=1S/C48H76NO11P/c1-3-5-7-9-11-13-15-17-18-19-20-21-22-24-26-28-30-32-34-38-47(52)60-44(41-58-61(55,56)59-42-45(49)48(53)54)40-57-46(51)39-35-37-43(50)36-33-31-29-27-25-23-16-14-12-10-8-6-4-2/h11-14,17-18,20-21,23-26,29,31,33,36,44-45H,3-10,15-16,19,22,27-28,30,32,34-35,37-42,49H2,1-2H3,(H,53,54)(H,55,56)/b13-11-,14-12-,18-17-,21-20-,25-23-,26-24-,31-29-,36-33+/t44-,45+/m1/s1. The predicted molar refractivity (Wildman–Crippen MR) is 245 cm³/mol. The number of unbranched alkanes of at least 4 members (excludes halogenated alkanes) is 9. The predicted octanol–water partition coefficient (Wildman–Crippen LogP) is 11.2. The zero-order valence-electron chi connectivity index (χ0n) is 37.0. The summed E-state index contributed by atoms with van der Waals surface area (Å²) in [6.07, 6.45) is 49.1. The smallest absolute Gasteiger partial charge is 0.472 e. The molecule has 0 saturated heterocycles. The van der Waals surface area contributed by atoms with E-state index in [0.29, 0.717) is 6.42 Å². The normalized spacial score (nSPS) is 14.5. The van der Waals surface area contributed by atoms with Gasteiger partial charge in [0.2, 0.25) is 0 Å². The van der Waals surface area contributed by atoms with Crippen molar-refractivity contribution in [2.45, 2.75) is 161 Å². The van der Waals surface area contributed by atoms with Gasteiger partial charge in [-0.1, -0.05) is 137 Å². The van der Waals surface area contributed by atoms with Gasteiger partial charge in [0.15, 0.2) is 11.9 Å². The van der Waals surface area contributed by atoms with Crippen LogP contribution in [0.1, 0.15) is 149 Å². The summed E-state index contributed by atoms with van der Waals surface area (Å²) in [6.45, 7) is 2.45. The molecule has 0 aliphatic rings. The summed E-state index contributed by atoms with van der Waals surface area (Å²) < 4.78 is 32.5. The Kier molecular flexibility index (Phi) is 38.8. The number of hydrogen-bond acceptors (Lipinski definition) is 10. The van der Waals surface area contributed by atoms with Crippen LogP contribution in [0.5, 0.6) is 0 Å². The molecule has 0 aliphatic heterocycles. The van der Waals surface area contributed by atoms with E-state index >= 15 is 0 Å². The third-order valence-corrected chi connectivity index (χ3v) is 9.73. The third kappa shape index (κ3) is 41.2. The molecule has 1 unspecified atom stereocenters. The summed E-state index contributed by atoms with van der Waals surface area (Å²) in [4.78, 5) is 58.2. The van der Waals surface area contributed by atoms with Crippen molar-refractivity contribution in [1.29, 1.82) is 0 Å². The monoisotopic (exact) mass is 874 g/mol. The molecule has 13 heteroatoms. The van der Waals surface area contributed by atoms with Gasteiger partial charge in [-0.3, -0.25) is 28.2 Å². The lowest BCUT2D eigenvalue weighted by molar-refractivity contribution is -0.161. The van der Waals surface area contributed by atoms with E-state index in [9.17, 15) is 28.6 Å². The van der Waals surface area contributed by atoms with Gasteiger partial charge >= 0.3 is 25.7 Å². The van der Waals surface area contributed by atoms with Gasteiger partial charge in [-0.2, -0.15) is 0 Å². The van der Waals surface area contributed by atoms with Crippen LogP contribution in [0.2, 0.25) is 0 Å². The molecule has 3 atom stereocenters. The molecule has 0 bridgehead atoms. The Labute approximate surface area is 366 Å². The highest BCUT2D eigenvalue weighted by Gasteiger charge is 2.28. The number of hydrogen-bond donors (Lipinski definition) is 3. The summed E-state index contributed by atoms with van der Waals surface area (Å²) in [5, 5.41) is 8.89. The number of rotatable bonds is 40. The number of allylic oxidation sites excluding steroid dienone is 16. The number of carboxylic acids is 1. The summed E-state index contributed by atoms with van der Waals surface area (Å²) in [6, 6.07) is -1.57. The fourth-order valence-electron chi connectivity index (χ4n) is 5.23. The Morgan fingerprint density at radius 3 is 1.56 bits per heavy atom. The first-order valence-electron chi connectivity index (χ1n) is 22.2. The lowest BCUT2D eigenvalue weighted by Crippen LogP contribution is -2.34. The van der Waals surface area contributed by atoms with Crippen LogP contribution < -0.4 is 5.73 Å². The lowest BCUT2D eigenvalue weighted by Gasteiger charge is -2.20. The van der Waals surface area contributed by atoms with Crippen molar-refractivity contribution >= 4 is 31.5 Å². The van der Waals surface area contributed by atoms with Crippen LogP contribution in [0.15, 0.2) is 97.2 Å². The van der Waals surface area contributed by atoms with Crippen LogP contribution in [-0.2, 0) is 42.3 Å². The fourth-order valence-corrected chi connectivity index (χ4v) is 6.01. The topological polar surface area (TPSA) is 189 Å². The minimum absolute atomic E-state index is 0.0676. The van der Waals surface area contributed by atoms with Gasteiger partial charge in [0.1, 0.15) is 12.6 Å². The number of phosphoric ester groups is 1. The number of ketones is 1. The summed E-state index contributed by atoms with van der Waals surface area (Å²) >= 11 is 0. The highest BCUT2D eigenvalue weighted by Crippen LogP contribution is 2.43. The molecule has 344 valence electrons. The van der Waals surface area contributed by atoms with E-state index in [1.54, 1.807) is 12.2 Å². The lowest BCUT2D eigenvalue weighted by atomic mass is 10.1. The van der Waals surface area contributed by atoms with E-state index in [-0.39, 0.29) is 31.5 Å². The van der Waals surface area contributed by atoms with Gasteiger partial charge in [-0.25, -0.2) is 4.57 Å². The van der Waals surface area contributed by atoms with E-state index in [2.05, 4.69) is 91.3 Å². The summed E-state index contributed by atoms with van der Waals surface area (Å²) in [5.41, 5.74) is 5.32. The van der Waals surface area contributed by atoms with Crippen molar-refractivity contribution in [1.82, 2.24) is 0 Å². The van der Waals surface area contributed by atoms with Crippen LogP contribution in [0.3, 0.4) is 0 Å². The molecule has 12 nitrogen and oxygen atoms in total. The summed E-state index contributed by atoms with van der Waals surface area (Å²) in [7, 11) is -4.79. The number of carbonyl (C=O) groups is 4. The molecule has 61 heavy (non-hydrogen) atoms. The Morgan fingerprint density at radius 2 is 1.03 bits per heavy atom. The van der Waals surface area contributed by atoms with Crippen molar-refractivity contribution in [3.8, 4) is 0 Å². The molecular weight excluding hydrogens is 797 g/mol. The Balaban J connectivity index is 4.63. The van der Waals surface area contributed by atoms with E-state index in [4.69, 9.17) is 24.8 Å². The minimum Gasteiger partial charge on any atom is -0.480 e. The second kappa shape index (κ2) is 41.4.